The lowest BCUT2D eigenvalue weighted by Crippen LogP contribution is -2.03. The third-order valence-corrected chi connectivity index (χ3v) is 2.39. The van der Waals surface area contributed by atoms with Gasteiger partial charge in [0.15, 0.2) is 5.78 Å². The second-order valence-corrected chi connectivity index (χ2v) is 3.68. The predicted molar refractivity (Wildman–Crippen MR) is 64.8 cm³/mol. The molecule has 0 aliphatic heterocycles. The highest BCUT2D eigenvalue weighted by Crippen LogP contribution is 2.10. The van der Waals surface area contributed by atoms with E-state index >= 15 is 0 Å². The van der Waals surface area contributed by atoms with Crippen LogP contribution in [0.15, 0.2) is 36.7 Å². The van der Waals surface area contributed by atoms with Crippen molar-refractivity contribution in [1.29, 1.82) is 5.41 Å². The first-order valence-corrected chi connectivity index (χ1v) is 5.21. The molecule has 17 heavy (non-hydrogen) atoms. The third kappa shape index (κ3) is 2.54. The summed E-state index contributed by atoms with van der Waals surface area (Å²) in [5, 5.41) is 7.24. The van der Waals surface area contributed by atoms with Gasteiger partial charge in [0, 0.05) is 24.2 Å². The number of carbonyl (C=O) groups excluding carboxylic acids is 1. The van der Waals surface area contributed by atoms with Gasteiger partial charge in [-0.3, -0.25) is 4.79 Å². The Morgan fingerprint density at radius 1 is 1.24 bits per heavy atom. The molecule has 0 unspecified atom stereocenters. The Morgan fingerprint density at radius 3 is 2.59 bits per heavy atom. The molecule has 0 aliphatic carbocycles. The van der Waals surface area contributed by atoms with Crippen molar-refractivity contribution in [1.82, 2.24) is 9.97 Å². The summed E-state index contributed by atoms with van der Waals surface area (Å²) < 4.78 is 0. The van der Waals surface area contributed by atoms with Crippen molar-refractivity contribution in [2.75, 3.05) is 0 Å². The number of ketones is 1. The molecule has 0 saturated heterocycles. The van der Waals surface area contributed by atoms with Crippen LogP contribution < -0.4 is 0 Å². The highest BCUT2D eigenvalue weighted by molar-refractivity contribution is 6.28. The van der Waals surface area contributed by atoms with Gasteiger partial charge in [-0.2, -0.15) is 0 Å². The maximum Gasteiger partial charge on any atom is 0.222 e. The lowest BCUT2D eigenvalue weighted by Gasteiger charge is -2.01. The minimum absolute atomic E-state index is 0.106. The fourth-order valence-corrected chi connectivity index (χ4v) is 1.46. The molecule has 1 heterocycles. The summed E-state index contributed by atoms with van der Waals surface area (Å²) in [4.78, 5) is 19.5. The Balaban J connectivity index is 2.36. The zero-order chi connectivity index (χ0) is 12.3. The summed E-state index contributed by atoms with van der Waals surface area (Å²) in [5.74, 6) is -0.189. The third-order valence-electron chi connectivity index (χ3n) is 2.20. The Labute approximate surface area is 103 Å². The van der Waals surface area contributed by atoms with E-state index < -0.39 is 0 Å². The van der Waals surface area contributed by atoms with E-state index in [1.165, 1.54) is 18.6 Å². The van der Waals surface area contributed by atoms with Crippen LogP contribution in [0.2, 0.25) is 5.28 Å². The summed E-state index contributed by atoms with van der Waals surface area (Å²) in [6.45, 7) is 0. The van der Waals surface area contributed by atoms with Crippen LogP contribution in [-0.2, 0) is 0 Å². The van der Waals surface area contributed by atoms with Gasteiger partial charge in [0.2, 0.25) is 5.28 Å². The topological polar surface area (TPSA) is 66.7 Å². The average Bonchev–Trinajstić information content (AvgIpc) is 2.39. The number of rotatable bonds is 3. The first kappa shape index (κ1) is 11.4. The molecule has 4 nitrogen and oxygen atoms in total. The van der Waals surface area contributed by atoms with Crippen LogP contribution in [0, 0.1) is 5.41 Å². The molecular weight excluding hydrogens is 238 g/mol. The van der Waals surface area contributed by atoms with E-state index in [0.717, 1.165) is 0 Å². The van der Waals surface area contributed by atoms with Gasteiger partial charge >= 0.3 is 0 Å². The number of nitrogens with zero attached hydrogens (tertiary/aromatic N) is 2. The maximum absolute atomic E-state index is 12.0. The summed E-state index contributed by atoms with van der Waals surface area (Å²) >= 11 is 5.55. The molecule has 84 valence electrons. The lowest BCUT2D eigenvalue weighted by atomic mass is 10.0. The Kier molecular flexibility index (Phi) is 3.25. The van der Waals surface area contributed by atoms with Crippen molar-refractivity contribution in [3.63, 3.8) is 0 Å². The number of hydrogen-bond donors (Lipinski definition) is 1. The molecular formula is C12H8ClN3O. The van der Waals surface area contributed by atoms with Crippen molar-refractivity contribution < 1.29 is 4.79 Å². The van der Waals surface area contributed by atoms with E-state index in [9.17, 15) is 4.79 Å². The normalized spacial score (nSPS) is 9.94. The molecule has 0 radical (unpaired) electrons. The number of aromatic nitrogens is 2. The lowest BCUT2D eigenvalue weighted by molar-refractivity contribution is 0.103. The number of hydrogen-bond acceptors (Lipinski definition) is 4. The van der Waals surface area contributed by atoms with Crippen molar-refractivity contribution in [2.45, 2.75) is 0 Å². The molecule has 1 aromatic heterocycles. The number of nitrogens with one attached hydrogen (secondary N) is 1. The Bertz CT molecular complexity index is 566. The van der Waals surface area contributed by atoms with Gasteiger partial charge in [-0.05, 0) is 23.2 Å². The largest absolute Gasteiger partial charge is 0.308 e. The summed E-state index contributed by atoms with van der Waals surface area (Å²) in [6.07, 6.45) is 3.96. The van der Waals surface area contributed by atoms with Gasteiger partial charge in [-0.1, -0.05) is 18.2 Å². The van der Waals surface area contributed by atoms with Crippen molar-refractivity contribution in [3.8, 4) is 0 Å². The van der Waals surface area contributed by atoms with Gasteiger partial charge in [-0.15, -0.1) is 0 Å². The second kappa shape index (κ2) is 4.84. The quantitative estimate of drug-likeness (QED) is 0.513. The number of carbonyl (C=O) groups is 1. The van der Waals surface area contributed by atoms with E-state index in [-0.39, 0.29) is 11.1 Å². The molecule has 0 amide bonds. The highest BCUT2D eigenvalue weighted by atomic mass is 35.5. The van der Waals surface area contributed by atoms with Crippen LogP contribution in [0.3, 0.4) is 0 Å². The minimum Gasteiger partial charge on any atom is -0.308 e. The van der Waals surface area contributed by atoms with Gasteiger partial charge in [0.25, 0.3) is 0 Å². The molecule has 2 rings (SSSR count). The molecule has 0 fully saturated rings. The molecule has 0 atom stereocenters. The molecule has 0 spiro atoms. The van der Waals surface area contributed by atoms with Crippen molar-refractivity contribution in [2.24, 2.45) is 0 Å². The van der Waals surface area contributed by atoms with Crippen molar-refractivity contribution in [3.05, 3.63) is 58.6 Å². The van der Waals surface area contributed by atoms with Crippen LogP contribution in [0.4, 0.5) is 0 Å². The van der Waals surface area contributed by atoms with E-state index in [1.54, 1.807) is 24.3 Å². The second-order valence-electron chi connectivity index (χ2n) is 3.34. The van der Waals surface area contributed by atoms with Crippen LogP contribution in [0.5, 0.6) is 0 Å². The van der Waals surface area contributed by atoms with Gasteiger partial charge in [-0.25, -0.2) is 9.97 Å². The fourth-order valence-electron chi connectivity index (χ4n) is 1.37. The van der Waals surface area contributed by atoms with Crippen LogP contribution in [0.1, 0.15) is 21.5 Å². The van der Waals surface area contributed by atoms with E-state index in [4.69, 9.17) is 17.0 Å². The number of halogens is 1. The highest BCUT2D eigenvalue weighted by Gasteiger charge is 2.10. The van der Waals surface area contributed by atoms with Crippen molar-refractivity contribution >= 4 is 23.6 Å². The summed E-state index contributed by atoms with van der Waals surface area (Å²) in [7, 11) is 0. The predicted octanol–water partition coefficient (Wildman–Crippen LogP) is 2.36. The standard InChI is InChI=1S/C12H8ClN3O/c13-12-15-6-10(7-16-12)11(17)9-3-1-2-8(4-9)5-14/h1-7,14H. The average molecular weight is 246 g/mol. The van der Waals surface area contributed by atoms with Crippen LogP contribution in [-0.4, -0.2) is 22.0 Å². The molecule has 5 heteroatoms. The van der Waals surface area contributed by atoms with Gasteiger partial charge in [0.05, 0.1) is 5.56 Å². The molecule has 0 saturated carbocycles. The Hall–Kier alpha value is -2.07. The van der Waals surface area contributed by atoms with Gasteiger partial charge < -0.3 is 5.41 Å². The maximum atomic E-state index is 12.0. The van der Waals surface area contributed by atoms with Crippen LogP contribution >= 0.6 is 11.6 Å². The van der Waals surface area contributed by atoms with E-state index in [2.05, 4.69) is 9.97 Å². The number of benzene rings is 1. The zero-order valence-electron chi connectivity index (χ0n) is 8.72. The summed E-state index contributed by atoms with van der Waals surface area (Å²) in [5.41, 5.74) is 1.54. The molecule has 0 bridgehead atoms. The monoisotopic (exact) mass is 245 g/mol. The van der Waals surface area contributed by atoms with E-state index in [1.807, 2.05) is 0 Å². The Morgan fingerprint density at radius 2 is 1.94 bits per heavy atom. The van der Waals surface area contributed by atoms with Gasteiger partial charge in [0.1, 0.15) is 0 Å². The molecule has 1 aromatic carbocycles. The first-order valence-electron chi connectivity index (χ1n) is 4.83. The first-order chi connectivity index (χ1) is 8.20. The summed E-state index contributed by atoms with van der Waals surface area (Å²) in [6, 6.07) is 6.81. The smallest absolute Gasteiger partial charge is 0.222 e. The minimum atomic E-state index is -0.189. The molecule has 2 aromatic rings. The van der Waals surface area contributed by atoms with Crippen LogP contribution in [0.25, 0.3) is 0 Å². The molecule has 0 aliphatic rings. The fraction of sp³-hybridized carbons (Fsp3) is 0. The van der Waals surface area contributed by atoms with E-state index in [0.29, 0.717) is 16.7 Å². The zero-order valence-corrected chi connectivity index (χ0v) is 9.48. The molecule has 1 N–H and O–H groups in total. The SMILES string of the molecule is N=Cc1cccc(C(=O)c2cnc(Cl)nc2)c1.